The molecular formula is C32H38F6O2Si. The van der Waals surface area contributed by atoms with Gasteiger partial charge < -0.3 is 9.47 Å². The van der Waals surface area contributed by atoms with Gasteiger partial charge >= 0.3 is 12.4 Å². The van der Waals surface area contributed by atoms with Crippen LogP contribution in [0.3, 0.4) is 0 Å². The summed E-state index contributed by atoms with van der Waals surface area (Å²) in [5.41, 5.74) is 4.69. The lowest BCUT2D eigenvalue weighted by atomic mass is 9.91. The van der Waals surface area contributed by atoms with Crippen molar-refractivity contribution in [2.24, 2.45) is 0 Å². The summed E-state index contributed by atoms with van der Waals surface area (Å²) < 4.78 is 91.2. The van der Waals surface area contributed by atoms with E-state index in [-0.39, 0.29) is 13.2 Å². The van der Waals surface area contributed by atoms with Gasteiger partial charge in [0, 0.05) is 24.4 Å². The first-order valence-electron chi connectivity index (χ1n) is 13.8. The van der Waals surface area contributed by atoms with Crippen LogP contribution in [0.1, 0.15) is 56.9 Å². The molecule has 0 aliphatic rings. The van der Waals surface area contributed by atoms with Gasteiger partial charge in [0.1, 0.15) is 8.07 Å². The Morgan fingerprint density at radius 1 is 0.707 bits per heavy atom. The first-order chi connectivity index (χ1) is 19.3. The van der Waals surface area contributed by atoms with Crippen LogP contribution in [0.2, 0.25) is 18.1 Å². The molecular weight excluding hydrogens is 558 g/mol. The fraction of sp³-hybridized carbons (Fsp3) is 0.438. The van der Waals surface area contributed by atoms with Crippen LogP contribution in [-0.2, 0) is 21.8 Å². The van der Waals surface area contributed by atoms with Crippen LogP contribution in [0, 0.1) is 11.5 Å². The van der Waals surface area contributed by atoms with Crippen molar-refractivity contribution >= 4 is 19.7 Å². The minimum atomic E-state index is -4.50. The summed E-state index contributed by atoms with van der Waals surface area (Å²) in [6.07, 6.45) is -7.29. The molecule has 0 saturated heterocycles. The third-order valence-electron chi connectivity index (χ3n) is 7.12. The van der Waals surface area contributed by atoms with Crippen molar-refractivity contribution in [2.75, 3.05) is 26.4 Å². The number of alkyl halides is 6. The van der Waals surface area contributed by atoms with Crippen molar-refractivity contribution in [1.82, 2.24) is 0 Å². The van der Waals surface area contributed by atoms with Crippen LogP contribution in [0.4, 0.5) is 26.3 Å². The van der Waals surface area contributed by atoms with Crippen LogP contribution >= 0.6 is 0 Å². The van der Waals surface area contributed by atoms with E-state index < -0.39 is 31.6 Å². The maximum atomic E-state index is 13.4. The summed E-state index contributed by atoms with van der Waals surface area (Å²) in [6, 6.07) is 12.4. The molecule has 0 bridgehead atoms. The quantitative estimate of drug-likeness (QED) is 0.105. The highest BCUT2D eigenvalue weighted by molar-refractivity contribution is 6.87. The van der Waals surface area contributed by atoms with E-state index in [9.17, 15) is 26.3 Å². The first-order valence-corrected chi connectivity index (χ1v) is 16.4. The number of benzene rings is 2. The molecule has 2 nitrogen and oxygen atoms in total. The summed E-state index contributed by atoms with van der Waals surface area (Å²) in [5.74, 6) is 3.36. The highest BCUT2D eigenvalue weighted by Crippen LogP contribution is 2.35. The number of hydrogen-bond acceptors (Lipinski definition) is 2. The lowest BCUT2D eigenvalue weighted by Gasteiger charge is -2.21. The molecule has 0 aliphatic heterocycles. The fourth-order valence-electron chi connectivity index (χ4n) is 4.34. The average Bonchev–Trinajstić information content (AvgIpc) is 2.94. The van der Waals surface area contributed by atoms with E-state index in [0.29, 0.717) is 41.1 Å². The highest BCUT2D eigenvalue weighted by Gasteiger charge is 2.31. The lowest BCUT2D eigenvalue weighted by molar-refractivity contribution is -0.138. The van der Waals surface area contributed by atoms with Gasteiger partial charge in [-0.2, -0.15) is 26.3 Å². The normalized spacial score (nSPS) is 13.5. The molecule has 2 aromatic carbocycles. The molecule has 224 valence electrons. The van der Waals surface area contributed by atoms with E-state index >= 15 is 0 Å². The van der Waals surface area contributed by atoms with Gasteiger partial charge in [0.05, 0.1) is 24.3 Å². The standard InChI is InChI=1S/C32H38F6O2Si/c1-6-39-22-26(19-20-41(8-3,9-4)10-5)30(25-13-17-29(18-14-25)32(36,37)38)27(23-40-7-2)21-24-11-15-28(16-12-24)31(33,34)35/h11-18,21H,6-10,22-23H2,1-5H3/b27-21+,30-26-. The Labute approximate surface area is 240 Å². The molecule has 0 atom stereocenters. The molecule has 0 aromatic heterocycles. The Bertz CT molecular complexity index is 1220. The fourth-order valence-corrected chi connectivity index (χ4v) is 6.79. The predicted octanol–water partition coefficient (Wildman–Crippen LogP) is 9.69. The largest absolute Gasteiger partial charge is 0.416 e. The van der Waals surface area contributed by atoms with Gasteiger partial charge in [-0.05, 0) is 79.0 Å². The van der Waals surface area contributed by atoms with Crippen LogP contribution < -0.4 is 0 Å². The minimum Gasteiger partial charge on any atom is -0.377 e. The van der Waals surface area contributed by atoms with Gasteiger partial charge in [-0.3, -0.25) is 0 Å². The zero-order valence-corrected chi connectivity index (χ0v) is 25.2. The minimum absolute atomic E-state index is 0.0725. The Hall–Kier alpha value is -2.80. The summed E-state index contributed by atoms with van der Waals surface area (Å²) in [6.45, 7) is 11.0. The molecule has 2 aromatic rings. The molecule has 2 rings (SSSR count). The molecule has 41 heavy (non-hydrogen) atoms. The van der Waals surface area contributed by atoms with Crippen LogP contribution in [0.5, 0.6) is 0 Å². The zero-order chi connectivity index (χ0) is 30.7. The summed E-state index contributed by atoms with van der Waals surface area (Å²) in [4.78, 5) is 0. The average molecular weight is 597 g/mol. The van der Waals surface area contributed by atoms with E-state index in [1.807, 2.05) is 13.8 Å². The SMILES string of the molecule is CCOCC(=C\c1ccc(C(F)(F)F)cc1)/C(=C(/C#C[Si](CC)(CC)CC)COCC)c1ccc(C(F)(F)F)cc1. The number of hydrogen-bond donors (Lipinski definition) is 0. The Balaban J connectivity index is 2.90. The smallest absolute Gasteiger partial charge is 0.377 e. The predicted molar refractivity (Wildman–Crippen MR) is 156 cm³/mol. The van der Waals surface area contributed by atoms with Crippen molar-refractivity contribution < 1.29 is 35.8 Å². The van der Waals surface area contributed by atoms with Crippen molar-refractivity contribution in [2.45, 2.75) is 65.1 Å². The van der Waals surface area contributed by atoms with Gasteiger partial charge in [0.25, 0.3) is 0 Å². The van der Waals surface area contributed by atoms with E-state index in [2.05, 4.69) is 32.2 Å². The topological polar surface area (TPSA) is 18.5 Å². The first kappa shape index (κ1) is 34.4. The molecule has 0 heterocycles. The maximum absolute atomic E-state index is 13.4. The van der Waals surface area contributed by atoms with E-state index in [4.69, 9.17) is 9.47 Å². The zero-order valence-electron chi connectivity index (χ0n) is 24.2. The molecule has 0 aliphatic carbocycles. The molecule has 0 fully saturated rings. The van der Waals surface area contributed by atoms with Gasteiger partial charge in [-0.25, -0.2) is 0 Å². The molecule has 0 radical (unpaired) electrons. The van der Waals surface area contributed by atoms with Crippen LogP contribution in [0.25, 0.3) is 11.6 Å². The van der Waals surface area contributed by atoms with Crippen molar-refractivity contribution in [3.8, 4) is 11.5 Å². The summed E-state index contributed by atoms with van der Waals surface area (Å²) in [7, 11) is -1.92. The molecule has 0 amide bonds. The van der Waals surface area contributed by atoms with E-state index in [1.54, 1.807) is 6.08 Å². The van der Waals surface area contributed by atoms with Crippen molar-refractivity contribution in [3.05, 3.63) is 81.9 Å². The second-order valence-corrected chi connectivity index (χ2v) is 14.5. The van der Waals surface area contributed by atoms with Crippen molar-refractivity contribution in [3.63, 3.8) is 0 Å². The monoisotopic (exact) mass is 596 g/mol. The van der Waals surface area contributed by atoms with Gasteiger partial charge in [0.15, 0.2) is 0 Å². The summed E-state index contributed by atoms with van der Waals surface area (Å²) in [5, 5.41) is 0. The number of ether oxygens (including phenoxy) is 2. The van der Waals surface area contributed by atoms with Gasteiger partial charge in [0.2, 0.25) is 0 Å². The van der Waals surface area contributed by atoms with Crippen LogP contribution in [-0.4, -0.2) is 34.5 Å². The second-order valence-electron chi connectivity index (χ2n) is 9.58. The Kier molecular flexibility index (Phi) is 12.9. The Morgan fingerprint density at radius 2 is 1.17 bits per heavy atom. The molecule has 0 saturated carbocycles. The van der Waals surface area contributed by atoms with Gasteiger partial charge in [-0.1, -0.05) is 51.0 Å². The van der Waals surface area contributed by atoms with E-state index in [0.717, 1.165) is 42.4 Å². The highest BCUT2D eigenvalue weighted by atomic mass is 28.3. The molecule has 9 heteroatoms. The third kappa shape index (κ3) is 9.91. The number of halogens is 6. The molecule has 0 N–H and O–H groups in total. The summed E-state index contributed by atoms with van der Waals surface area (Å²) >= 11 is 0. The Morgan fingerprint density at radius 3 is 1.61 bits per heavy atom. The number of rotatable bonds is 12. The third-order valence-corrected chi connectivity index (χ3v) is 11.8. The van der Waals surface area contributed by atoms with Gasteiger partial charge in [-0.15, -0.1) is 5.54 Å². The lowest BCUT2D eigenvalue weighted by Crippen LogP contribution is -2.29. The maximum Gasteiger partial charge on any atom is 0.416 e. The van der Waals surface area contributed by atoms with E-state index in [1.165, 1.54) is 24.3 Å². The molecule has 0 unspecified atom stereocenters. The van der Waals surface area contributed by atoms with Crippen molar-refractivity contribution in [1.29, 1.82) is 0 Å². The second kappa shape index (κ2) is 15.4. The molecule has 0 spiro atoms. The van der Waals surface area contributed by atoms with Crippen LogP contribution in [0.15, 0.2) is 59.7 Å².